The predicted molar refractivity (Wildman–Crippen MR) is 68.2 cm³/mol. The van der Waals surface area contributed by atoms with E-state index in [0.717, 1.165) is 16.7 Å². The van der Waals surface area contributed by atoms with E-state index < -0.39 is 0 Å². The molecule has 2 rings (SSSR count). The highest BCUT2D eigenvalue weighted by atomic mass is 19.1. The molecule has 0 aliphatic rings. The molecule has 0 fully saturated rings. The van der Waals surface area contributed by atoms with Gasteiger partial charge in [-0.1, -0.05) is 18.2 Å². The van der Waals surface area contributed by atoms with E-state index in [9.17, 15) is 8.78 Å². The van der Waals surface area contributed by atoms with Gasteiger partial charge in [0.25, 0.3) is 0 Å². The molecule has 0 saturated carbocycles. The molecule has 0 radical (unpaired) electrons. The van der Waals surface area contributed by atoms with E-state index in [1.165, 1.54) is 24.3 Å². The molecule has 2 aromatic carbocycles. The number of aryl methyl sites for hydroxylation is 1. The second kappa shape index (κ2) is 5.27. The number of halogens is 2. The van der Waals surface area contributed by atoms with Crippen LogP contribution in [0.5, 0.6) is 0 Å². The third-order valence-electron chi connectivity index (χ3n) is 2.98. The first-order chi connectivity index (χ1) is 8.56. The van der Waals surface area contributed by atoms with Crippen LogP contribution in [0.4, 0.5) is 8.78 Å². The van der Waals surface area contributed by atoms with Crippen molar-refractivity contribution in [2.75, 3.05) is 0 Å². The van der Waals surface area contributed by atoms with Gasteiger partial charge in [-0.25, -0.2) is 8.78 Å². The lowest BCUT2D eigenvalue weighted by Crippen LogP contribution is -2.14. The van der Waals surface area contributed by atoms with E-state index in [1.807, 2.05) is 13.0 Å². The SMILES string of the molecule is Cc1cc(F)ccc1C(N)Cc1cccc(F)c1. The smallest absolute Gasteiger partial charge is 0.123 e. The summed E-state index contributed by atoms with van der Waals surface area (Å²) in [5, 5.41) is 0. The summed E-state index contributed by atoms with van der Waals surface area (Å²) in [4.78, 5) is 0. The van der Waals surface area contributed by atoms with Crippen LogP contribution in [-0.2, 0) is 6.42 Å². The fraction of sp³-hybridized carbons (Fsp3) is 0.200. The maximum atomic E-state index is 13.1. The molecule has 18 heavy (non-hydrogen) atoms. The Labute approximate surface area is 105 Å². The van der Waals surface area contributed by atoms with Gasteiger partial charge in [0.05, 0.1) is 0 Å². The summed E-state index contributed by atoms with van der Waals surface area (Å²) in [6.07, 6.45) is 0.532. The van der Waals surface area contributed by atoms with E-state index >= 15 is 0 Å². The molecule has 94 valence electrons. The molecule has 1 atom stereocenters. The summed E-state index contributed by atoms with van der Waals surface area (Å²) in [7, 11) is 0. The van der Waals surface area contributed by atoms with Crippen molar-refractivity contribution in [2.24, 2.45) is 5.73 Å². The van der Waals surface area contributed by atoms with Crippen molar-refractivity contribution in [1.82, 2.24) is 0 Å². The largest absolute Gasteiger partial charge is 0.324 e. The number of rotatable bonds is 3. The highest BCUT2D eigenvalue weighted by Gasteiger charge is 2.10. The van der Waals surface area contributed by atoms with E-state index in [-0.39, 0.29) is 17.7 Å². The van der Waals surface area contributed by atoms with Gasteiger partial charge in [0.1, 0.15) is 11.6 Å². The molecule has 0 aromatic heterocycles. The van der Waals surface area contributed by atoms with Crippen LogP contribution in [0, 0.1) is 18.6 Å². The molecule has 2 aromatic rings. The quantitative estimate of drug-likeness (QED) is 0.882. The van der Waals surface area contributed by atoms with E-state index in [4.69, 9.17) is 5.73 Å². The third-order valence-corrected chi connectivity index (χ3v) is 2.98. The van der Waals surface area contributed by atoms with Gasteiger partial charge in [0.2, 0.25) is 0 Å². The molecule has 0 aliphatic heterocycles. The standard InChI is InChI=1S/C15H15F2N/c1-10-7-13(17)5-6-14(10)15(18)9-11-3-2-4-12(16)8-11/h2-8,15H,9,18H2,1H3. The molecule has 0 aliphatic carbocycles. The predicted octanol–water partition coefficient (Wildman–Crippen LogP) is 3.52. The maximum absolute atomic E-state index is 13.1. The fourth-order valence-electron chi connectivity index (χ4n) is 2.08. The van der Waals surface area contributed by atoms with Crippen LogP contribution < -0.4 is 5.73 Å². The first-order valence-corrected chi connectivity index (χ1v) is 5.82. The van der Waals surface area contributed by atoms with Gasteiger partial charge in [0.15, 0.2) is 0 Å². The van der Waals surface area contributed by atoms with Crippen LogP contribution in [0.1, 0.15) is 22.7 Å². The van der Waals surface area contributed by atoms with Gasteiger partial charge >= 0.3 is 0 Å². The molecule has 3 heteroatoms. The molecular formula is C15H15F2N. The van der Waals surface area contributed by atoms with Crippen LogP contribution >= 0.6 is 0 Å². The molecule has 0 heterocycles. The van der Waals surface area contributed by atoms with Crippen molar-refractivity contribution in [3.05, 3.63) is 70.8 Å². The van der Waals surface area contributed by atoms with Gasteiger partial charge in [0, 0.05) is 6.04 Å². The maximum Gasteiger partial charge on any atom is 0.123 e. The summed E-state index contributed by atoms with van der Waals surface area (Å²) in [6.45, 7) is 1.82. The van der Waals surface area contributed by atoms with Crippen LogP contribution in [0.25, 0.3) is 0 Å². The fourth-order valence-corrected chi connectivity index (χ4v) is 2.08. The van der Waals surface area contributed by atoms with Crippen molar-refractivity contribution < 1.29 is 8.78 Å². The normalized spacial score (nSPS) is 12.4. The van der Waals surface area contributed by atoms with Gasteiger partial charge in [-0.15, -0.1) is 0 Å². The summed E-state index contributed by atoms with van der Waals surface area (Å²) < 4.78 is 26.1. The summed E-state index contributed by atoms with van der Waals surface area (Å²) in [5.41, 5.74) is 8.63. The van der Waals surface area contributed by atoms with Crippen LogP contribution in [0.3, 0.4) is 0 Å². The lowest BCUT2D eigenvalue weighted by atomic mass is 9.96. The summed E-state index contributed by atoms with van der Waals surface area (Å²) in [5.74, 6) is -0.537. The third kappa shape index (κ3) is 2.93. The van der Waals surface area contributed by atoms with Crippen molar-refractivity contribution in [3.8, 4) is 0 Å². The van der Waals surface area contributed by atoms with Gasteiger partial charge in [-0.2, -0.15) is 0 Å². The van der Waals surface area contributed by atoms with Crippen LogP contribution in [0.15, 0.2) is 42.5 Å². The average molecular weight is 247 g/mol. The Bertz CT molecular complexity index is 552. The molecule has 0 amide bonds. The Kier molecular flexibility index (Phi) is 3.72. The van der Waals surface area contributed by atoms with E-state index in [2.05, 4.69) is 0 Å². The van der Waals surface area contributed by atoms with E-state index in [1.54, 1.807) is 12.1 Å². The van der Waals surface area contributed by atoms with Crippen molar-refractivity contribution >= 4 is 0 Å². The minimum absolute atomic E-state index is 0.257. The zero-order valence-corrected chi connectivity index (χ0v) is 10.2. The second-order valence-corrected chi connectivity index (χ2v) is 4.44. The lowest BCUT2D eigenvalue weighted by Gasteiger charge is -2.15. The van der Waals surface area contributed by atoms with Gasteiger partial charge < -0.3 is 5.73 Å². The van der Waals surface area contributed by atoms with Gasteiger partial charge in [-0.3, -0.25) is 0 Å². The number of hydrogen-bond acceptors (Lipinski definition) is 1. The average Bonchev–Trinajstić information content (AvgIpc) is 2.28. The number of benzene rings is 2. The zero-order valence-electron chi connectivity index (χ0n) is 10.2. The Morgan fingerprint density at radius 3 is 2.44 bits per heavy atom. The Morgan fingerprint density at radius 2 is 1.78 bits per heavy atom. The molecule has 1 unspecified atom stereocenters. The minimum atomic E-state index is -0.269. The van der Waals surface area contributed by atoms with Crippen molar-refractivity contribution in [1.29, 1.82) is 0 Å². The molecule has 2 N–H and O–H groups in total. The first-order valence-electron chi connectivity index (χ1n) is 5.82. The van der Waals surface area contributed by atoms with Crippen LogP contribution in [-0.4, -0.2) is 0 Å². The van der Waals surface area contributed by atoms with Gasteiger partial charge in [-0.05, 0) is 54.3 Å². The topological polar surface area (TPSA) is 26.0 Å². The van der Waals surface area contributed by atoms with E-state index in [0.29, 0.717) is 6.42 Å². The first kappa shape index (κ1) is 12.7. The molecule has 0 spiro atoms. The van der Waals surface area contributed by atoms with Crippen LogP contribution in [0.2, 0.25) is 0 Å². The molecule has 0 bridgehead atoms. The monoisotopic (exact) mass is 247 g/mol. The highest BCUT2D eigenvalue weighted by Crippen LogP contribution is 2.20. The lowest BCUT2D eigenvalue weighted by molar-refractivity contribution is 0.618. The number of nitrogens with two attached hydrogens (primary N) is 1. The zero-order chi connectivity index (χ0) is 13.1. The Hall–Kier alpha value is -1.74. The summed E-state index contributed by atoms with van der Waals surface area (Å²) in [6, 6.07) is 10.7. The Morgan fingerprint density at radius 1 is 1.06 bits per heavy atom. The molecule has 0 saturated heterocycles. The molecule has 1 nitrogen and oxygen atoms in total. The second-order valence-electron chi connectivity index (χ2n) is 4.44. The minimum Gasteiger partial charge on any atom is -0.324 e. The van der Waals surface area contributed by atoms with Crippen molar-refractivity contribution in [3.63, 3.8) is 0 Å². The molecular weight excluding hydrogens is 232 g/mol. The number of hydrogen-bond donors (Lipinski definition) is 1. The Balaban J connectivity index is 2.19. The summed E-state index contributed by atoms with van der Waals surface area (Å²) >= 11 is 0. The highest BCUT2D eigenvalue weighted by molar-refractivity contribution is 5.31. The van der Waals surface area contributed by atoms with Crippen molar-refractivity contribution in [2.45, 2.75) is 19.4 Å².